The average molecular weight is 302 g/mol. The second-order valence-electron chi connectivity index (χ2n) is 4.93. The van der Waals surface area contributed by atoms with E-state index in [0.29, 0.717) is 21.7 Å². The SMILES string of the molecule is CC1CCCN(C(=O)COc2c(Cl)cccc2Cl)C1. The zero-order valence-electron chi connectivity index (χ0n) is 10.9. The van der Waals surface area contributed by atoms with Crippen molar-refractivity contribution in [1.82, 2.24) is 4.90 Å². The van der Waals surface area contributed by atoms with Crippen molar-refractivity contribution in [2.75, 3.05) is 19.7 Å². The molecule has 1 fully saturated rings. The molecule has 0 aliphatic carbocycles. The maximum absolute atomic E-state index is 12.1. The van der Waals surface area contributed by atoms with Crippen molar-refractivity contribution < 1.29 is 9.53 Å². The lowest BCUT2D eigenvalue weighted by Gasteiger charge is -2.30. The van der Waals surface area contributed by atoms with Crippen LogP contribution in [0, 0.1) is 5.92 Å². The largest absolute Gasteiger partial charge is 0.481 e. The number of hydrogen-bond donors (Lipinski definition) is 0. The molecule has 0 aromatic heterocycles. The van der Waals surface area contributed by atoms with E-state index in [1.54, 1.807) is 18.2 Å². The van der Waals surface area contributed by atoms with Crippen molar-refractivity contribution in [1.29, 1.82) is 0 Å². The van der Waals surface area contributed by atoms with Gasteiger partial charge in [0.25, 0.3) is 5.91 Å². The Bertz CT molecular complexity index is 445. The Labute approximate surface area is 123 Å². The molecule has 1 aliphatic heterocycles. The van der Waals surface area contributed by atoms with Gasteiger partial charge in [0.1, 0.15) is 0 Å². The summed E-state index contributed by atoms with van der Waals surface area (Å²) in [5.74, 6) is 0.924. The monoisotopic (exact) mass is 301 g/mol. The molecule has 3 nitrogen and oxygen atoms in total. The topological polar surface area (TPSA) is 29.5 Å². The van der Waals surface area contributed by atoms with Crippen LogP contribution in [0.2, 0.25) is 10.0 Å². The van der Waals surface area contributed by atoms with Crippen LogP contribution in [0.1, 0.15) is 19.8 Å². The first kappa shape index (κ1) is 14.5. The summed E-state index contributed by atoms with van der Waals surface area (Å²) in [6.07, 6.45) is 2.24. The van der Waals surface area contributed by atoms with Crippen molar-refractivity contribution in [3.63, 3.8) is 0 Å². The smallest absolute Gasteiger partial charge is 0.260 e. The molecule has 0 radical (unpaired) electrons. The summed E-state index contributed by atoms with van der Waals surface area (Å²) in [5, 5.41) is 0.847. The molecule has 1 heterocycles. The number of likely N-dealkylation sites (tertiary alicyclic amines) is 1. The standard InChI is InChI=1S/C14H17Cl2NO2/c1-10-4-3-7-17(8-10)13(18)9-19-14-11(15)5-2-6-12(14)16/h2,5-6,10H,3-4,7-9H2,1H3. The Kier molecular flexibility index (Phi) is 4.94. The lowest BCUT2D eigenvalue weighted by Crippen LogP contribution is -2.41. The first-order chi connectivity index (χ1) is 9.08. The van der Waals surface area contributed by atoms with Gasteiger partial charge >= 0.3 is 0 Å². The van der Waals surface area contributed by atoms with Crippen molar-refractivity contribution >= 4 is 29.1 Å². The highest BCUT2D eigenvalue weighted by Gasteiger charge is 2.21. The fourth-order valence-corrected chi connectivity index (χ4v) is 2.77. The lowest BCUT2D eigenvalue weighted by atomic mass is 10.0. The van der Waals surface area contributed by atoms with E-state index in [1.807, 2.05) is 4.90 Å². The quantitative estimate of drug-likeness (QED) is 0.853. The summed E-state index contributed by atoms with van der Waals surface area (Å²) in [6, 6.07) is 5.12. The first-order valence-corrected chi connectivity index (χ1v) is 7.18. The fraction of sp³-hybridized carbons (Fsp3) is 0.500. The van der Waals surface area contributed by atoms with Gasteiger partial charge in [-0.15, -0.1) is 0 Å². The molecule has 2 rings (SSSR count). The Morgan fingerprint density at radius 3 is 2.74 bits per heavy atom. The molecule has 5 heteroatoms. The highest BCUT2D eigenvalue weighted by Crippen LogP contribution is 2.32. The molecule has 1 saturated heterocycles. The Morgan fingerprint density at radius 1 is 1.42 bits per heavy atom. The molecular formula is C14H17Cl2NO2. The molecule has 0 N–H and O–H groups in total. The van der Waals surface area contributed by atoms with E-state index >= 15 is 0 Å². The van der Waals surface area contributed by atoms with Gasteiger partial charge in [-0.05, 0) is 30.9 Å². The number of benzene rings is 1. The third kappa shape index (κ3) is 3.77. The molecule has 0 bridgehead atoms. The zero-order valence-corrected chi connectivity index (χ0v) is 12.4. The lowest BCUT2D eigenvalue weighted by molar-refractivity contribution is -0.135. The summed E-state index contributed by atoms with van der Waals surface area (Å²) in [6.45, 7) is 3.75. The predicted octanol–water partition coefficient (Wildman–Crippen LogP) is 3.63. The van der Waals surface area contributed by atoms with Gasteiger partial charge in [-0.1, -0.05) is 36.2 Å². The highest BCUT2D eigenvalue weighted by molar-refractivity contribution is 6.37. The van der Waals surface area contributed by atoms with Crippen LogP contribution in [0.15, 0.2) is 18.2 Å². The Hall–Kier alpha value is -0.930. The third-order valence-corrected chi connectivity index (χ3v) is 3.86. The van der Waals surface area contributed by atoms with E-state index in [2.05, 4.69) is 6.92 Å². The van der Waals surface area contributed by atoms with Crippen LogP contribution in [0.4, 0.5) is 0 Å². The number of carbonyl (C=O) groups excluding carboxylic acids is 1. The minimum Gasteiger partial charge on any atom is -0.481 e. The second-order valence-corrected chi connectivity index (χ2v) is 5.74. The number of rotatable bonds is 3. The predicted molar refractivity (Wildman–Crippen MR) is 76.9 cm³/mol. The van der Waals surface area contributed by atoms with Crippen LogP contribution >= 0.6 is 23.2 Å². The average Bonchev–Trinajstić information content (AvgIpc) is 2.38. The molecule has 1 aromatic carbocycles. The van der Waals surface area contributed by atoms with Gasteiger partial charge in [0, 0.05) is 13.1 Å². The molecule has 104 valence electrons. The summed E-state index contributed by atoms with van der Waals surface area (Å²) < 4.78 is 5.46. The van der Waals surface area contributed by atoms with Gasteiger partial charge in [-0.2, -0.15) is 0 Å². The summed E-state index contributed by atoms with van der Waals surface area (Å²) in [5.41, 5.74) is 0. The Morgan fingerprint density at radius 2 is 2.11 bits per heavy atom. The van der Waals surface area contributed by atoms with E-state index in [1.165, 1.54) is 6.42 Å². The van der Waals surface area contributed by atoms with Crippen LogP contribution in [-0.4, -0.2) is 30.5 Å². The minimum absolute atomic E-state index is 0.0115. The molecule has 0 saturated carbocycles. The number of nitrogens with zero attached hydrogens (tertiary/aromatic N) is 1. The van der Waals surface area contributed by atoms with Gasteiger partial charge in [0.15, 0.2) is 12.4 Å². The summed E-state index contributed by atoms with van der Waals surface area (Å²) in [7, 11) is 0. The van der Waals surface area contributed by atoms with Gasteiger partial charge in [0.2, 0.25) is 0 Å². The number of piperidine rings is 1. The van der Waals surface area contributed by atoms with Crippen molar-refractivity contribution in [3.05, 3.63) is 28.2 Å². The van der Waals surface area contributed by atoms with Gasteiger partial charge < -0.3 is 9.64 Å². The highest BCUT2D eigenvalue weighted by atomic mass is 35.5. The number of amides is 1. The summed E-state index contributed by atoms with van der Waals surface area (Å²) in [4.78, 5) is 13.9. The molecule has 1 aliphatic rings. The van der Waals surface area contributed by atoms with Gasteiger partial charge in [-0.3, -0.25) is 4.79 Å². The van der Waals surface area contributed by atoms with Crippen molar-refractivity contribution in [3.8, 4) is 5.75 Å². The number of ether oxygens (including phenoxy) is 1. The van der Waals surface area contributed by atoms with E-state index in [-0.39, 0.29) is 12.5 Å². The fourth-order valence-electron chi connectivity index (χ4n) is 2.26. The Balaban J connectivity index is 1.93. The van der Waals surface area contributed by atoms with Crippen LogP contribution in [0.5, 0.6) is 5.75 Å². The van der Waals surface area contributed by atoms with E-state index in [0.717, 1.165) is 19.5 Å². The number of hydrogen-bond acceptors (Lipinski definition) is 2. The van der Waals surface area contributed by atoms with Crippen LogP contribution in [-0.2, 0) is 4.79 Å². The van der Waals surface area contributed by atoms with Crippen molar-refractivity contribution in [2.24, 2.45) is 5.92 Å². The number of halogens is 2. The first-order valence-electron chi connectivity index (χ1n) is 6.42. The maximum atomic E-state index is 12.1. The molecule has 1 aromatic rings. The van der Waals surface area contributed by atoms with Crippen LogP contribution in [0.25, 0.3) is 0 Å². The molecule has 0 spiro atoms. The molecule has 1 atom stereocenters. The zero-order chi connectivity index (χ0) is 13.8. The molecule has 1 amide bonds. The molecule has 19 heavy (non-hydrogen) atoms. The second kappa shape index (κ2) is 6.49. The van der Waals surface area contributed by atoms with E-state index in [4.69, 9.17) is 27.9 Å². The molecule has 1 unspecified atom stereocenters. The number of para-hydroxylation sites is 1. The number of carbonyl (C=O) groups is 1. The van der Waals surface area contributed by atoms with Crippen molar-refractivity contribution in [2.45, 2.75) is 19.8 Å². The molecular weight excluding hydrogens is 285 g/mol. The van der Waals surface area contributed by atoms with Gasteiger partial charge in [-0.25, -0.2) is 0 Å². The van der Waals surface area contributed by atoms with Crippen LogP contribution < -0.4 is 4.74 Å². The normalized spacial score (nSPS) is 19.3. The maximum Gasteiger partial charge on any atom is 0.260 e. The van der Waals surface area contributed by atoms with Gasteiger partial charge in [0.05, 0.1) is 10.0 Å². The minimum atomic E-state index is -0.0177. The van der Waals surface area contributed by atoms with Crippen LogP contribution in [0.3, 0.4) is 0 Å². The summed E-state index contributed by atoms with van der Waals surface area (Å²) >= 11 is 12.0. The third-order valence-electron chi connectivity index (χ3n) is 3.27. The van der Waals surface area contributed by atoms with E-state index < -0.39 is 0 Å². The van der Waals surface area contributed by atoms with E-state index in [9.17, 15) is 4.79 Å².